The maximum absolute atomic E-state index is 12.7. The molecule has 0 saturated heterocycles. The van der Waals surface area contributed by atoms with Crippen LogP contribution in [0.25, 0.3) is 0 Å². The molecule has 2 rings (SSSR count). The molecule has 0 spiro atoms. The van der Waals surface area contributed by atoms with Gasteiger partial charge in [0.25, 0.3) is 5.91 Å². The minimum Gasteiger partial charge on any atom is -0.452 e. The Morgan fingerprint density at radius 2 is 2.00 bits per heavy atom. The number of carbonyl (C=O) groups is 1. The third-order valence-electron chi connectivity index (χ3n) is 2.35. The first-order valence-electron chi connectivity index (χ1n) is 5.19. The number of carbonyl (C=O) groups excluding carboxylic acids is 1. The van der Waals surface area contributed by atoms with Gasteiger partial charge in [-0.25, -0.2) is 0 Å². The molecule has 0 aliphatic carbocycles. The second-order valence-electron chi connectivity index (χ2n) is 3.79. The second kappa shape index (κ2) is 5.49. The highest BCUT2D eigenvalue weighted by molar-refractivity contribution is 9.10. The van der Waals surface area contributed by atoms with Gasteiger partial charge in [-0.15, -0.1) is 0 Å². The van der Waals surface area contributed by atoms with E-state index in [1.54, 1.807) is 0 Å². The number of nitrogens with one attached hydrogen (secondary N) is 1. The summed E-state index contributed by atoms with van der Waals surface area (Å²) in [5.74, 6) is -0.657. The van der Waals surface area contributed by atoms with Gasteiger partial charge in [0.2, 0.25) is 5.22 Å². The highest BCUT2D eigenvalue weighted by atomic mass is 79.9. The minimum atomic E-state index is -4.50. The largest absolute Gasteiger partial charge is 0.452 e. The predicted octanol–water partition coefficient (Wildman–Crippen LogP) is 4.97. The highest BCUT2D eigenvalue weighted by Crippen LogP contribution is 2.33. The van der Waals surface area contributed by atoms with Crippen LogP contribution in [-0.2, 0) is 6.18 Å². The molecule has 8 heteroatoms. The van der Waals surface area contributed by atoms with Crippen LogP contribution >= 0.6 is 27.5 Å². The van der Waals surface area contributed by atoms with Crippen molar-refractivity contribution in [2.45, 2.75) is 6.18 Å². The normalized spacial score (nSPS) is 11.4. The maximum Gasteiger partial charge on any atom is 0.416 e. The van der Waals surface area contributed by atoms with Crippen LogP contribution in [0.5, 0.6) is 0 Å². The minimum absolute atomic E-state index is 0.00559. The van der Waals surface area contributed by atoms with Gasteiger partial charge < -0.3 is 9.73 Å². The summed E-state index contributed by atoms with van der Waals surface area (Å²) in [6, 6.07) is 4.42. The van der Waals surface area contributed by atoms with E-state index in [0.29, 0.717) is 0 Å². The number of furan rings is 1. The first-order chi connectivity index (χ1) is 9.27. The third-order valence-corrected chi connectivity index (χ3v) is 3.10. The fourth-order valence-electron chi connectivity index (χ4n) is 1.48. The lowest BCUT2D eigenvalue weighted by atomic mass is 10.2. The molecule has 0 aliphatic heterocycles. The van der Waals surface area contributed by atoms with Gasteiger partial charge >= 0.3 is 6.18 Å². The Morgan fingerprint density at radius 1 is 1.30 bits per heavy atom. The lowest BCUT2D eigenvalue weighted by Gasteiger charge is -2.10. The molecule has 0 radical (unpaired) electrons. The number of rotatable bonds is 2. The van der Waals surface area contributed by atoms with Crippen molar-refractivity contribution in [2.75, 3.05) is 5.32 Å². The van der Waals surface area contributed by atoms with E-state index < -0.39 is 17.6 Å². The van der Waals surface area contributed by atoms with E-state index in [4.69, 9.17) is 16.0 Å². The molecular formula is C12H6BrClF3NO2. The quantitative estimate of drug-likeness (QED) is 0.813. The Hall–Kier alpha value is -1.47. The summed E-state index contributed by atoms with van der Waals surface area (Å²) in [6.07, 6.45) is -3.30. The van der Waals surface area contributed by atoms with E-state index >= 15 is 0 Å². The zero-order chi connectivity index (χ0) is 14.9. The molecule has 0 saturated carbocycles. The molecule has 2 aromatic rings. The second-order valence-corrected chi connectivity index (χ2v) is 5.05. The van der Waals surface area contributed by atoms with Gasteiger partial charge in [-0.1, -0.05) is 15.9 Å². The summed E-state index contributed by atoms with van der Waals surface area (Å²) in [4.78, 5) is 11.8. The first-order valence-corrected chi connectivity index (χ1v) is 6.36. The lowest BCUT2D eigenvalue weighted by Crippen LogP contribution is -2.13. The smallest absolute Gasteiger partial charge is 0.416 e. The Bertz CT molecular complexity index is 654. The van der Waals surface area contributed by atoms with E-state index in [9.17, 15) is 18.0 Å². The van der Waals surface area contributed by atoms with Crippen molar-refractivity contribution in [3.63, 3.8) is 0 Å². The lowest BCUT2D eigenvalue weighted by molar-refractivity contribution is -0.137. The van der Waals surface area contributed by atoms with Gasteiger partial charge in [0.1, 0.15) is 0 Å². The highest BCUT2D eigenvalue weighted by Gasteiger charge is 2.31. The first kappa shape index (κ1) is 14.9. The van der Waals surface area contributed by atoms with E-state index in [-0.39, 0.29) is 20.9 Å². The number of hydrogen-bond donors (Lipinski definition) is 1. The van der Waals surface area contributed by atoms with Crippen LogP contribution in [-0.4, -0.2) is 5.91 Å². The topological polar surface area (TPSA) is 42.2 Å². The van der Waals surface area contributed by atoms with Crippen molar-refractivity contribution < 1.29 is 22.4 Å². The number of anilines is 1. The van der Waals surface area contributed by atoms with Crippen LogP contribution in [0.3, 0.4) is 0 Å². The van der Waals surface area contributed by atoms with Crippen LogP contribution in [0.1, 0.15) is 15.9 Å². The Balaban J connectivity index is 2.28. The molecule has 106 valence electrons. The average Bonchev–Trinajstić information content (AvgIpc) is 2.73. The number of halogens is 5. The SMILES string of the molecule is O=C(Nc1cc(Br)cc(C(F)(F)F)c1)c1ccoc1Cl. The van der Waals surface area contributed by atoms with E-state index in [1.165, 1.54) is 18.4 Å². The number of benzene rings is 1. The van der Waals surface area contributed by atoms with Gasteiger partial charge in [0.05, 0.1) is 17.4 Å². The molecule has 1 amide bonds. The Labute approximate surface area is 124 Å². The van der Waals surface area contributed by atoms with E-state index in [0.717, 1.165) is 12.1 Å². The predicted molar refractivity (Wildman–Crippen MR) is 70.8 cm³/mol. The molecule has 0 unspecified atom stereocenters. The number of amides is 1. The Morgan fingerprint density at radius 3 is 2.55 bits per heavy atom. The number of alkyl halides is 3. The molecule has 0 aliphatic rings. The fraction of sp³-hybridized carbons (Fsp3) is 0.0833. The molecular weight excluding hydrogens is 362 g/mol. The third kappa shape index (κ3) is 3.34. The van der Waals surface area contributed by atoms with Crippen molar-refractivity contribution in [3.8, 4) is 0 Å². The van der Waals surface area contributed by atoms with Crippen LogP contribution in [0.15, 0.2) is 39.4 Å². The Kier molecular flexibility index (Phi) is 4.10. The molecule has 1 aromatic carbocycles. The molecule has 1 N–H and O–H groups in total. The summed E-state index contributed by atoms with van der Waals surface area (Å²) in [5, 5.41) is 2.19. The maximum atomic E-state index is 12.7. The summed E-state index contributed by atoms with van der Waals surface area (Å²) in [5.41, 5.74) is -0.838. The van der Waals surface area contributed by atoms with Gasteiger partial charge in [-0.3, -0.25) is 4.79 Å². The summed E-state index contributed by atoms with van der Waals surface area (Å²) < 4.78 is 42.9. The number of hydrogen-bond acceptors (Lipinski definition) is 2. The summed E-state index contributed by atoms with van der Waals surface area (Å²) in [6.45, 7) is 0. The van der Waals surface area contributed by atoms with Gasteiger partial charge in [0.15, 0.2) is 0 Å². The fourth-order valence-corrected chi connectivity index (χ4v) is 2.17. The van der Waals surface area contributed by atoms with Crippen molar-refractivity contribution in [2.24, 2.45) is 0 Å². The van der Waals surface area contributed by atoms with Crippen LogP contribution < -0.4 is 5.32 Å². The van der Waals surface area contributed by atoms with Crippen molar-refractivity contribution in [1.82, 2.24) is 0 Å². The summed E-state index contributed by atoms with van der Waals surface area (Å²) >= 11 is 8.58. The molecule has 20 heavy (non-hydrogen) atoms. The van der Waals surface area contributed by atoms with Crippen molar-refractivity contribution in [1.29, 1.82) is 0 Å². The van der Waals surface area contributed by atoms with Gasteiger partial charge in [-0.2, -0.15) is 13.2 Å². The summed E-state index contributed by atoms with van der Waals surface area (Å²) in [7, 11) is 0. The van der Waals surface area contributed by atoms with Gasteiger partial charge in [0, 0.05) is 10.2 Å². The molecule has 0 atom stereocenters. The van der Waals surface area contributed by atoms with Crippen LogP contribution in [0.4, 0.5) is 18.9 Å². The van der Waals surface area contributed by atoms with Crippen molar-refractivity contribution >= 4 is 39.1 Å². The molecule has 0 bridgehead atoms. The van der Waals surface area contributed by atoms with Crippen LogP contribution in [0.2, 0.25) is 5.22 Å². The average molecular weight is 369 g/mol. The zero-order valence-corrected chi connectivity index (χ0v) is 11.9. The van der Waals surface area contributed by atoms with E-state index in [2.05, 4.69) is 21.2 Å². The van der Waals surface area contributed by atoms with Crippen molar-refractivity contribution in [3.05, 3.63) is 51.3 Å². The standard InChI is InChI=1S/C12H6BrClF3NO2/c13-7-3-6(12(15,16)17)4-8(5-7)18-11(19)9-1-2-20-10(9)14/h1-5H,(H,18,19). The van der Waals surface area contributed by atoms with E-state index in [1.807, 2.05) is 0 Å². The van der Waals surface area contributed by atoms with Crippen LogP contribution in [0, 0.1) is 0 Å². The monoisotopic (exact) mass is 367 g/mol. The molecule has 0 fully saturated rings. The molecule has 1 heterocycles. The van der Waals surface area contributed by atoms with Gasteiger partial charge in [-0.05, 0) is 35.9 Å². The molecule has 3 nitrogen and oxygen atoms in total. The molecule has 1 aromatic heterocycles. The zero-order valence-electron chi connectivity index (χ0n) is 9.59.